The first-order valence-corrected chi connectivity index (χ1v) is 5.57. The van der Waals surface area contributed by atoms with Crippen molar-refractivity contribution in [1.29, 1.82) is 5.26 Å². The van der Waals surface area contributed by atoms with Crippen molar-refractivity contribution in [2.24, 2.45) is 0 Å². The monoisotopic (exact) mass is 247 g/mol. The lowest BCUT2D eigenvalue weighted by Crippen LogP contribution is -2.15. The largest absolute Gasteiger partial charge is 0.469 e. The van der Waals surface area contributed by atoms with Crippen LogP contribution in [0.2, 0.25) is 0 Å². The van der Waals surface area contributed by atoms with E-state index in [1.807, 2.05) is 12.1 Å². The van der Waals surface area contributed by atoms with Gasteiger partial charge in [0, 0.05) is 6.20 Å². The number of esters is 1. The van der Waals surface area contributed by atoms with E-state index in [-0.39, 0.29) is 24.5 Å². The van der Waals surface area contributed by atoms with Crippen molar-refractivity contribution in [1.82, 2.24) is 10.5 Å². The molecule has 1 aliphatic heterocycles. The molecule has 1 aromatic rings. The van der Waals surface area contributed by atoms with Crippen LogP contribution in [0.15, 0.2) is 18.3 Å². The lowest BCUT2D eigenvalue weighted by atomic mass is 10.0. The van der Waals surface area contributed by atoms with Crippen LogP contribution in [-0.2, 0) is 14.4 Å². The van der Waals surface area contributed by atoms with E-state index in [0.29, 0.717) is 12.1 Å². The average molecular weight is 247 g/mol. The van der Waals surface area contributed by atoms with E-state index in [4.69, 9.17) is 10.1 Å². The minimum absolute atomic E-state index is 0.0140. The molecule has 6 nitrogen and oxygen atoms in total. The lowest BCUT2D eigenvalue weighted by Gasteiger charge is -2.07. The van der Waals surface area contributed by atoms with E-state index in [2.05, 4.69) is 15.2 Å². The molecular formula is C12H13N3O3. The first-order valence-electron chi connectivity index (χ1n) is 5.57. The molecule has 0 saturated carbocycles. The van der Waals surface area contributed by atoms with E-state index < -0.39 is 0 Å². The molecule has 6 heteroatoms. The van der Waals surface area contributed by atoms with Crippen LogP contribution in [0, 0.1) is 11.3 Å². The minimum Gasteiger partial charge on any atom is -0.469 e. The molecule has 94 valence electrons. The number of hydrogen-bond donors (Lipinski definition) is 1. The van der Waals surface area contributed by atoms with Gasteiger partial charge in [0.05, 0.1) is 25.7 Å². The summed E-state index contributed by atoms with van der Waals surface area (Å²) in [5, 5.41) is 8.66. The smallest absolute Gasteiger partial charge is 0.308 e. The molecular weight excluding hydrogens is 234 g/mol. The number of carbonyl (C=O) groups is 1. The lowest BCUT2D eigenvalue weighted by molar-refractivity contribution is -0.143. The quantitative estimate of drug-likeness (QED) is 0.797. The molecule has 0 bridgehead atoms. The topological polar surface area (TPSA) is 84.2 Å². The van der Waals surface area contributed by atoms with E-state index in [0.717, 1.165) is 5.56 Å². The minimum atomic E-state index is -0.291. The predicted octanol–water partition coefficient (Wildman–Crippen LogP) is 0.851. The summed E-state index contributed by atoms with van der Waals surface area (Å²) in [5.74, 6) is -0.291. The van der Waals surface area contributed by atoms with Crippen LogP contribution in [-0.4, -0.2) is 24.2 Å². The van der Waals surface area contributed by atoms with Crippen LogP contribution in [0.5, 0.6) is 0 Å². The number of hydrogen-bond acceptors (Lipinski definition) is 6. The van der Waals surface area contributed by atoms with E-state index >= 15 is 0 Å². The van der Waals surface area contributed by atoms with Gasteiger partial charge in [0.15, 0.2) is 0 Å². The second kappa shape index (κ2) is 5.58. The average Bonchev–Trinajstić information content (AvgIpc) is 2.87. The zero-order valence-corrected chi connectivity index (χ0v) is 9.92. The number of ether oxygens (including phenoxy) is 1. The van der Waals surface area contributed by atoms with Crippen molar-refractivity contribution in [3.8, 4) is 6.07 Å². The van der Waals surface area contributed by atoms with Gasteiger partial charge in [-0.05, 0) is 18.1 Å². The van der Waals surface area contributed by atoms with Crippen LogP contribution in [0.25, 0.3) is 0 Å². The number of aromatic nitrogens is 1. The molecule has 0 aliphatic carbocycles. The molecule has 1 aliphatic rings. The maximum absolute atomic E-state index is 11.1. The van der Waals surface area contributed by atoms with Gasteiger partial charge >= 0.3 is 5.97 Å². The summed E-state index contributed by atoms with van der Waals surface area (Å²) in [6.07, 6.45) is 2.34. The molecule has 2 unspecified atom stereocenters. The second-order valence-corrected chi connectivity index (χ2v) is 4.01. The van der Waals surface area contributed by atoms with E-state index in [1.54, 1.807) is 12.3 Å². The molecule has 0 amide bonds. The van der Waals surface area contributed by atoms with Gasteiger partial charge in [-0.1, -0.05) is 6.07 Å². The number of nitrogens with zero attached hydrogens (tertiary/aromatic N) is 2. The molecule has 1 fully saturated rings. The van der Waals surface area contributed by atoms with E-state index in [9.17, 15) is 4.79 Å². The fourth-order valence-corrected chi connectivity index (χ4v) is 1.81. The molecule has 0 spiro atoms. The molecule has 0 radical (unpaired) electrons. The SMILES string of the molecule is COC(=O)CC1CC(c2ccc(C#N)nc2)NO1. The number of rotatable bonds is 3. The number of carbonyl (C=O) groups excluding carboxylic acids is 1. The Morgan fingerprint density at radius 1 is 1.72 bits per heavy atom. The van der Waals surface area contributed by atoms with Crippen LogP contribution in [0.3, 0.4) is 0 Å². The Labute approximate surface area is 104 Å². The highest BCUT2D eigenvalue weighted by Gasteiger charge is 2.28. The first kappa shape index (κ1) is 12.5. The van der Waals surface area contributed by atoms with Crippen molar-refractivity contribution in [3.05, 3.63) is 29.6 Å². The number of nitrogens with one attached hydrogen (secondary N) is 1. The second-order valence-electron chi connectivity index (χ2n) is 4.01. The molecule has 18 heavy (non-hydrogen) atoms. The Hall–Kier alpha value is -1.97. The molecule has 1 N–H and O–H groups in total. The van der Waals surface area contributed by atoms with Gasteiger partial charge in [0.1, 0.15) is 11.8 Å². The Balaban J connectivity index is 1.95. The molecule has 2 atom stereocenters. The third-order valence-electron chi connectivity index (χ3n) is 2.80. The summed E-state index contributed by atoms with van der Waals surface area (Å²) in [4.78, 5) is 20.4. The molecule has 2 heterocycles. The van der Waals surface area contributed by atoms with Gasteiger partial charge in [0.25, 0.3) is 0 Å². The summed E-state index contributed by atoms with van der Waals surface area (Å²) in [6, 6.07) is 5.43. The van der Waals surface area contributed by atoms with Crippen molar-refractivity contribution >= 4 is 5.97 Å². The highest BCUT2D eigenvalue weighted by atomic mass is 16.7. The molecule has 1 saturated heterocycles. The summed E-state index contributed by atoms with van der Waals surface area (Å²) < 4.78 is 4.59. The number of hydroxylamine groups is 1. The molecule has 2 rings (SSSR count). The van der Waals surface area contributed by atoms with Gasteiger partial charge in [0.2, 0.25) is 0 Å². The normalized spacial score (nSPS) is 22.4. The van der Waals surface area contributed by atoms with Crippen molar-refractivity contribution in [3.63, 3.8) is 0 Å². The van der Waals surface area contributed by atoms with Crippen LogP contribution in [0.4, 0.5) is 0 Å². The third kappa shape index (κ3) is 2.83. The number of methoxy groups -OCH3 is 1. The van der Waals surface area contributed by atoms with Crippen molar-refractivity contribution in [2.75, 3.05) is 7.11 Å². The Kier molecular flexibility index (Phi) is 3.87. The van der Waals surface area contributed by atoms with Crippen molar-refractivity contribution in [2.45, 2.75) is 25.0 Å². The maximum Gasteiger partial charge on any atom is 0.308 e. The number of pyridine rings is 1. The van der Waals surface area contributed by atoms with Gasteiger partial charge in [-0.15, -0.1) is 0 Å². The van der Waals surface area contributed by atoms with Crippen LogP contribution >= 0.6 is 0 Å². The fraction of sp³-hybridized carbons (Fsp3) is 0.417. The van der Waals surface area contributed by atoms with E-state index in [1.165, 1.54) is 7.11 Å². The maximum atomic E-state index is 11.1. The highest BCUT2D eigenvalue weighted by Crippen LogP contribution is 2.26. The van der Waals surface area contributed by atoms with Gasteiger partial charge in [-0.25, -0.2) is 4.98 Å². The van der Waals surface area contributed by atoms with Crippen LogP contribution in [0.1, 0.15) is 30.1 Å². The van der Waals surface area contributed by atoms with Gasteiger partial charge < -0.3 is 4.74 Å². The van der Waals surface area contributed by atoms with Gasteiger partial charge in [-0.2, -0.15) is 10.7 Å². The summed E-state index contributed by atoms with van der Waals surface area (Å²) in [7, 11) is 1.35. The molecule has 1 aromatic heterocycles. The summed E-state index contributed by atoms with van der Waals surface area (Å²) in [5.41, 5.74) is 4.17. The summed E-state index contributed by atoms with van der Waals surface area (Å²) >= 11 is 0. The Morgan fingerprint density at radius 3 is 3.17 bits per heavy atom. The third-order valence-corrected chi connectivity index (χ3v) is 2.80. The predicted molar refractivity (Wildman–Crippen MR) is 61.0 cm³/mol. The van der Waals surface area contributed by atoms with Gasteiger partial charge in [-0.3, -0.25) is 9.63 Å². The zero-order chi connectivity index (χ0) is 13.0. The van der Waals surface area contributed by atoms with Crippen LogP contribution < -0.4 is 5.48 Å². The number of nitriles is 1. The first-order chi connectivity index (χ1) is 8.72. The van der Waals surface area contributed by atoms with Crippen molar-refractivity contribution < 1.29 is 14.4 Å². The standard InChI is InChI=1S/C12H13N3O3/c1-17-12(16)5-10-4-11(15-18-10)8-2-3-9(6-13)14-7-8/h2-3,7,10-11,15H,4-5H2,1H3. The fourth-order valence-electron chi connectivity index (χ4n) is 1.81. The Morgan fingerprint density at radius 2 is 2.56 bits per heavy atom. The zero-order valence-electron chi connectivity index (χ0n) is 9.92. The Bertz CT molecular complexity index is 466. The molecule has 0 aromatic carbocycles. The highest BCUT2D eigenvalue weighted by molar-refractivity contribution is 5.69. The summed E-state index contributed by atoms with van der Waals surface area (Å²) in [6.45, 7) is 0.